The number of carbonyl (C=O) groups is 1. The lowest BCUT2D eigenvalue weighted by atomic mass is 10.2. The van der Waals surface area contributed by atoms with E-state index < -0.39 is 0 Å². The Hall–Kier alpha value is -1.82. The number of carbonyl (C=O) groups excluding carboxylic acids is 1. The van der Waals surface area contributed by atoms with Gasteiger partial charge in [-0.25, -0.2) is 0 Å². The summed E-state index contributed by atoms with van der Waals surface area (Å²) < 4.78 is 0. The highest BCUT2D eigenvalue weighted by Crippen LogP contribution is 2.33. The van der Waals surface area contributed by atoms with E-state index in [0.717, 1.165) is 47.1 Å². The Morgan fingerprint density at radius 3 is 2.33 bits per heavy atom. The average Bonchev–Trinajstić information content (AvgIpc) is 2.63. The van der Waals surface area contributed by atoms with Crippen molar-refractivity contribution in [3.63, 3.8) is 0 Å². The quantitative estimate of drug-likeness (QED) is 0.928. The topological polar surface area (TPSA) is 43.8 Å². The van der Waals surface area contributed by atoms with Crippen LogP contribution in [0.25, 0.3) is 0 Å². The molecule has 1 N–H and O–H groups in total. The number of likely N-dealkylation sites (N-methyl/N-ethyl adjacent to an activating group) is 1. The van der Waals surface area contributed by atoms with Crippen LogP contribution in [0.15, 0.2) is 58.3 Å². The number of piperazine rings is 1. The number of rotatable bonds is 4. The Bertz CT molecular complexity index is 712. The minimum Gasteiger partial charge on any atom is -0.392 e. The Labute approximate surface area is 147 Å². The lowest BCUT2D eigenvalue weighted by Crippen LogP contribution is -2.47. The number of aliphatic hydroxyl groups excluding tert-OH is 1. The molecule has 0 aromatic heterocycles. The van der Waals surface area contributed by atoms with Gasteiger partial charge in [-0.05, 0) is 30.8 Å². The van der Waals surface area contributed by atoms with Crippen molar-refractivity contribution in [3.8, 4) is 0 Å². The smallest absolute Gasteiger partial charge is 0.255 e. The third kappa shape index (κ3) is 3.80. The van der Waals surface area contributed by atoms with E-state index in [1.807, 2.05) is 53.4 Å². The highest BCUT2D eigenvalue weighted by molar-refractivity contribution is 7.99. The van der Waals surface area contributed by atoms with E-state index in [-0.39, 0.29) is 12.5 Å². The van der Waals surface area contributed by atoms with Crippen molar-refractivity contribution in [2.75, 3.05) is 33.2 Å². The van der Waals surface area contributed by atoms with Gasteiger partial charge in [0.05, 0.1) is 12.2 Å². The number of nitrogens with zero attached hydrogens (tertiary/aromatic N) is 2. The van der Waals surface area contributed by atoms with E-state index >= 15 is 0 Å². The Morgan fingerprint density at radius 1 is 1.00 bits per heavy atom. The second kappa shape index (κ2) is 7.83. The summed E-state index contributed by atoms with van der Waals surface area (Å²) in [6, 6.07) is 15.5. The van der Waals surface area contributed by atoms with Gasteiger partial charge in [0.1, 0.15) is 0 Å². The van der Waals surface area contributed by atoms with Crippen LogP contribution >= 0.6 is 11.8 Å². The van der Waals surface area contributed by atoms with Crippen LogP contribution < -0.4 is 0 Å². The van der Waals surface area contributed by atoms with Crippen molar-refractivity contribution >= 4 is 17.7 Å². The normalized spacial score (nSPS) is 15.5. The van der Waals surface area contributed by atoms with Gasteiger partial charge < -0.3 is 14.9 Å². The van der Waals surface area contributed by atoms with Crippen LogP contribution in [0, 0.1) is 0 Å². The monoisotopic (exact) mass is 342 g/mol. The summed E-state index contributed by atoms with van der Waals surface area (Å²) in [4.78, 5) is 19.0. The van der Waals surface area contributed by atoms with E-state index in [9.17, 15) is 9.90 Å². The molecule has 0 atom stereocenters. The Morgan fingerprint density at radius 2 is 1.62 bits per heavy atom. The second-order valence-electron chi connectivity index (χ2n) is 5.96. The molecule has 0 spiro atoms. The van der Waals surface area contributed by atoms with Crippen molar-refractivity contribution in [2.24, 2.45) is 0 Å². The minimum absolute atomic E-state index is 0.00224. The molecule has 0 radical (unpaired) electrons. The molecule has 3 rings (SSSR count). The molecule has 5 heteroatoms. The van der Waals surface area contributed by atoms with Crippen LogP contribution in [0.3, 0.4) is 0 Å². The van der Waals surface area contributed by atoms with Gasteiger partial charge in [0.15, 0.2) is 0 Å². The van der Waals surface area contributed by atoms with Gasteiger partial charge in [0.25, 0.3) is 5.91 Å². The van der Waals surface area contributed by atoms with Gasteiger partial charge in [-0.15, -0.1) is 0 Å². The van der Waals surface area contributed by atoms with Gasteiger partial charge in [0, 0.05) is 36.0 Å². The fourth-order valence-electron chi connectivity index (χ4n) is 2.76. The molecule has 1 aliphatic heterocycles. The SMILES string of the molecule is CN1CCN(C(=O)c2ccccc2Sc2ccccc2CO)CC1. The molecule has 1 heterocycles. The van der Waals surface area contributed by atoms with Crippen LogP contribution in [-0.4, -0.2) is 54.0 Å². The van der Waals surface area contributed by atoms with Gasteiger partial charge >= 0.3 is 0 Å². The number of hydrogen-bond acceptors (Lipinski definition) is 4. The molecule has 0 saturated carbocycles. The Kier molecular flexibility index (Phi) is 5.56. The van der Waals surface area contributed by atoms with Crippen LogP contribution in [0.2, 0.25) is 0 Å². The maximum absolute atomic E-state index is 12.9. The van der Waals surface area contributed by atoms with Gasteiger partial charge in [-0.3, -0.25) is 4.79 Å². The third-order valence-corrected chi connectivity index (χ3v) is 5.46. The van der Waals surface area contributed by atoms with Crippen molar-refractivity contribution in [1.29, 1.82) is 0 Å². The van der Waals surface area contributed by atoms with E-state index in [4.69, 9.17) is 0 Å². The molecule has 1 saturated heterocycles. The molecule has 126 valence electrons. The summed E-state index contributed by atoms with van der Waals surface area (Å²) in [5.41, 5.74) is 1.61. The molecular weight excluding hydrogens is 320 g/mol. The molecule has 4 nitrogen and oxygen atoms in total. The first-order valence-corrected chi connectivity index (χ1v) is 8.94. The average molecular weight is 342 g/mol. The van der Waals surface area contributed by atoms with E-state index in [1.54, 1.807) is 11.8 Å². The zero-order valence-electron chi connectivity index (χ0n) is 13.8. The molecule has 1 amide bonds. The predicted molar refractivity (Wildman–Crippen MR) is 96.3 cm³/mol. The molecule has 0 aliphatic carbocycles. The minimum atomic E-state index is -0.00224. The maximum Gasteiger partial charge on any atom is 0.255 e. The van der Waals surface area contributed by atoms with Crippen LogP contribution in [0.1, 0.15) is 15.9 Å². The summed E-state index contributed by atoms with van der Waals surface area (Å²) in [6.45, 7) is 3.35. The highest BCUT2D eigenvalue weighted by atomic mass is 32.2. The number of hydrogen-bond donors (Lipinski definition) is 1. The summed E-state index contributed by atoms with van der Waals surface area (Å²) in [6.07, 6.45) is 0. The molecule has 2 aromatic carbocycles. The highest BCUT2D eigenvalue weighted by Gasteiger charge is 2.22. The van der Waals surface area contributed by atoms with Crippen LogP contribution in [0.4, 0.5) is 0 Å². The first kappa shape index (κ1) is 17.0. The molecule has 1 aliphatic rings. The number of amides is 1. The lowest BCUT2D eigenvalue weighted by Gasteiger charge is -2.32. The van der Waals surface area contributed by atoms with E-state index in [1.165, 1.54) is 0 Å². The lowest BCUT2D eigenvalue weighted by molar-refractivity contribution is 0.0660. The molecular formula is C19H22N2O2S. The first-order chi connectivity index (χ1) is 11.7. The summed E-state index contributed by atoms with van der Waals surface area (Å²) in [7, 11) is 2.08. The molecule has 0 unspecified atom stereocenters. The van der Waals surface area contributed by atoms with Crippen molar-refractivity contribution in [3.05, 3.63) is 59.7 Å². The largest absolute Gasteiger partial charge is 0.392 e. The zero-order valence-corrected chi connectivity index (χ0v) is 14.6. The summed E-state index contributed by atoms with van der Waals surface area (Å²) in [5, 5.41) is 9.51. The fourth-order valence-corrected chi connectivity index (χ4v) is 3.82. The van der Waals surface area contributed by atoms with Crippen molar-refractivity contribution in [1.82, 2.24) is 9.80 Å². The van der Waals surface area contributed by atoms with Gasteiger partial charge in [0.2, 0.25) is 0 Å². The van der Waals surface area contributed by atoms with Gasteiger partial charge in [-0.2, -0.15) is 0 Å². The number of benzene rings is 2. The van der Waals surface area contributed by atoms with E-state index in [0.29, 0.717) is 0 Å². The summed E-state index contributed by atoms with van der Waals surface area (Å²) >= 11 is 1.54. The molecule has 1 fully saturated rings. The maximum atomic E-state index is 12.9. The first-order valence-electron chi connectivity index (χ1n) is 8.12. The Balaban J connectivity index is 1.84. The van der Waals surface area contributed by atoms with Crippen LogP contribution in [-0.2, 0) is 6.61 Å². The second-order valence-corrected chi connectivity index (χ2v) is 7.04. The molecule has 0 bridgehead atoms. The zero-order chi connectivity index (χ0) is 16.9. The van der Waals surface area contributed by atoms with Crippen LogP contribution in [0.5, 0.6) is 0 Å². The van der Waals surface area contributed by atoms with Crippen molar-refractivity contribution in [2.45, 2.75) is 16.4 Å². The van der Waals surface area contributed by atoms with Gasteiger partial charge in [-0.1, -0.05) is 42.1 Å². The third-order valence-electron chi connectivity index (χ3n) is 4.27. The standard InChI is InChI=1S/C19H22N2O2S/c1-20-10-12-21(13-11-20)19(23)16-7-3-5-9-18(16)24-17-8-4-2-6-15(17)14-22/h2-9,22H,10-14H2,1H3. The number of aliphatic hydroxyl groups is 1. The van der Waals surface area contributed by atoms with Crippen molar-refractivity contribution < 1.29 is 9.90 Å². The fraction of sp³-hybridized carbons (Fsp3) is 0.316. The molecule has 24 heavy (non-hydrogen) atoms. The summed E-state index contributed by atoms with van der Waals surface area (Å²) in [5.74, 6) is 0.0904. The predicted octanol–water partition coefficient (Wildman–Crippen LogP) is 2.72. The van der Waals surface area contributed by atoms with E-state index in [2.05, 4.69) is 11.9 Å². The molecule has 2 aromatic rings.